The Hall–Kier alpha value is -1.07. The summed E-state index contributed by atoms with van der Waals surface area (Å²) >= 11 is 3.38. The van der Waals surface area contributed by atoms with Crippen LogP contribution in [0.3, 0.4) is 0 Å². The van der Waals surface area contributed by atoms with Crippen LogP contribution in [0, 0.1) is 5.92 Å². The molecule has 0 saturated heterocycles. The maximum absolute atomic E-state index is 12.5. The van der Waals surface area contributed by atoms with E-state index in [2.05, 4.69) is 21.2 Å². The molecular formula is C16H23BrN2O2. The minimum atomic E-state index is -0.111. The zero-order chi connectivity index (χ0) is 15.2. The summed E-state index contributed by atoms with van der Waals surface area (Å²) in [6, 6.07) is 5.46. The third-order valence-electron chi connectivity index (χ3n) is 4.20. The van der Waals surface area contributed by atoms with Gasteiger partial charge in [-0.15, -0.1) is 0 Å². The first kappa shape index (κ1) is 16.3. The summed E-state index contributed by atoms with van der Waals surface area (Å²) < 4.78 is 6.17. The number of amides is 1. The van der Waals surface area contributed by atoms with Crippen LogP contribution in [0.25, 0.3) is 0 Å². The molecule has 1 aliphatic carbocycles. The lowest BCUT2D eigenvalue weighted by atomic mass is 9.84. The van der Waals surface area contributed by atoms with Gasteiger partial charge in [0.25, 0.3) is 5.91 Å². The highest BCUT2D eigenvalue weighted by atomic mass is 79.9. The molecule has 1 amide bonds. The van der Waals surface area contributed by atoms with Gasteiger partial charge in [-0.3, -0.25) is 4.79 Å². The molecule has 1 aromatic rings. The molecule has 0 aromatic heterocycles. The number of carbonyl (C=O) groups is 1. The van der Waals surface area contributed by atoms with Gasteiger partial charge in [0.1, 0.15) is 5.75 Å². The molecule has 1 fully saturated rings. The Bertz CT molecular complexity index is 487. The number of benzene rings is 1. The lowest BCUT2D eigenvalue weighted by Gasteiger charge is -2.30. The van der Waals surface area contributed by atoms with Gasteiger partial charge in [-0.2, -0.15) is 0 Å². The first-order valence-corrected chi connectivity index (χ1v) is 8.29. The standard InChI is InChI=1S/C16H23BrN2O2/c1-21-15-9-12(17)7-8-13(15)16(20)19-14(10-18)11-5-3-2-4-6-11/h7-9,11,14H,2-6,10,18H2,1H3,(H,19,20). The molecule has 0 radical (unpaired) electrons. The Morgan fingerprint density at radius 3 is 2.76 bits per heavy atom. The average molecular weight is 355 g/mol. The number of nitrogens with one attached hydrogen (secondary N) is 1. The quantitative estimate of drug-likeness (QED) is 0.853. The third kappa shape index (κ3) is 4.20. The molecular weight excluding hydrogens is 332 g/mol. The van der Waals surface area contributed by atoms with Crippen LogP contribution in [-0.4, -0.2) is 25.6 Å². The van der Waals surface area contributed by atoms with Crippen molar-refractivity contribution in [3.8, 4) is 5.75 Å². The number of hydrogen-bond donors (Lipinski definition) is 2. The second-order valence-electron chi connectivity index (χ2n) is 5.56. The molecule has 1 unspecified atom stereocenters. The number of halogens is 1. The zero-order valence-electron chi connectivity index (χ0n) is 12.4. The van der Waals surface area contributed by atoms with Crippen LogP contribution >= 0.6 is 15.9 Å². The van der Waals surface area contributed by atoms with Crippen molar-refractivity contribution in [1.82, 2.24) is 5.32 Å². The number of ether oxygens (including phenoxy) is 1. The van der Waals surface area contributed by atoms with Crippen LogP contribution in [-0.2, 0) is 0 Å². The van der Waals surface area contributed by atoms with Crippen LogP contribution in [0.1, 0.15) is 42.5 Å². The largest absolute Gasteiger partial charge is 0.496 e. The first-order chi connectivity index (χ1) is 10.2. The van der Waals surface area contributed by atoms with Crippen LogP contribution in [0.5, 0.6) is 5.75 Å². The summed E-state index contributed by atoms with van der Waals surface area (Å²) in [6.07, 6.45) is 6.07. The van der Waals surface area contributed by atoms with E-state index >= 15 is 0 Å². The van der Waals surface area contributed by atoms with Crippen molar-refractivity contribution in [2.75, 3.05) is 13.7 Å². The molecule has 21 heavy (non-hydrogen) atoms. The predicted octanol–water partition coefficient (Wildman–Crippen LogP) is 3.10. The molecule has 0 spiro atoms. The Balaban J connectivity index is 2.08. The third-order valence-corrected chi connectivity index (χ3v) is 4.69. The predicted molar refractivity (Wildman–Crippen MR) is 87.6 cm³/mol. The fraction of sp³-hybridized carbons (Fsp3) is 0.562. The van der Waals surface area contributed by atoms with Gasteiger partial charge in [0.15, 0.2) is 0 Å². The van der Waals surface area contributed by atoms with E-state index in [-0.39, 0.29) is 11.9 Å². The maximum Gasteiger partial charge on any atom is 0.255 e. The molecule has 2 rings (SSSR count). The van der Waals surface area contributed by atoms with E-state index in [4.69, 9.17) is 10.5 Å². The van der Waals surface area contributed by atoms with Gasteiger partial charge < -0.3 is 15.8 Å². The number of methoxy groups -OCH3 is 1. The van der Waals surface area contributed by atoms with E-state index in [1.807, 2.05) is 6.07 Å². The van der Waals surface area contributed by atoms with E-state index in [9.17, 15) is 4.79 Å². The van der Waals surface area contributed by atoms with Crippen molar-refractivity contribution in [1.29, 1.82) is 0 Å². The van der Waals surface area contributed by atoms with Gasteiger partial charge in [0, 0.05) is 17.1 Å². The number of carbonyl (C=O) groups excluding carboxylic acids is 1. The Morgan fingerprint density at radius 1 is 1.43 bits per heavy atom. The summed E-state index contributed by atoms with van der Waals surface area (Å²) in [5, 5.41) is 3.09. The van der Waals surface area contributed by atoms with Crippen molar-refractivity contribution in [3.63, 3.8) is 0 Å². The van der Waals surface area contributed by atoms with Crippen LogP contribution in [0.15, 0.2) is 22.7 Å². The van der Waals surface area contributed by atoms with Gasteiger partial charge in [-0.1, -0.05) is 35.2 Å². The van der Waals surface area contributed by atoms with Crippen LogP contribution < -0.4 is 15.8 Å². The van der Waals surface area contributed by atoms with Gasteiger partial charge in [-0.25, -0.2) is 0 Å². The summed E-state index contributed by atoms with van der Waals surface area (Å²) in [4.78, 5) is 12.5. The summed E-state index contributed by atoms with van der Waals surface area (Å²) in [5.74, 6) is 0.954. The molecule has 1 aromatic carbocycles. The topological polar surface area (TPSA) is 64.3 Å². The monoisotopic (exact) mass is 354 g/mol. The average Bonchev–Trinajstić information content (AvgIpc) is 2.53. The fourth-order valence-electron chi connectivity index (χ4n) is 3.00. The molecule has 1 atom stereocenters. The van der Waals surface area contributed by atoms with Crippen LogP contribution in [0.4, 0.5) is 0 Å². The Kier molecular flexibility index (Phi) is 6.06. The van der Waals surface area contributed by atoms with Crippen molar-refractivity contribution >= 4 is 21.8 Å². The summed E-state index contributed by atoms with van der Waals surface area (Å²) in [7, 11) is 1.57. The van der Waals surface area contributed by atoms with Gasteiger partial charge >= 0.3 is 0 Å². The van der Waals surface area contributed by atoms with Crippen molar-refractivity contribution in [3.05, 3.63) is 28.2 Å². The van der Waals surface area contributed by atoms with E-state index < -0.39 is 0 Å². The zero-order valence-corrected chi connectivity index (χ0v) is 14.0. The van der Waals surface area contributed by atoms with Crippen molar-refractivity contribution in [2.24, 2.45) is 11.7 Å². The summed E-state index contributed by atoms with van der Waals surface area (Å²) in [5.41, 5.74) is 6.42. The van der Waals surface area contributed by atoms with Crippen molar-refractivity contribution < 1.29 is 9.53 Å². The molecule has 0 bridgehead atoms. The Morgan fingerprint density at radius 2 is 2.14 bits per heavy atom. The van der Waals surface area contributed by atoms with Gasteiger partial charge in [0.05, 0.1) is 12.7 Å². The lowest BCUT2D eigenvalue weighted by Crippen LogP contribution is -2.46. The SMILES string of the molecule is COc1cc(Br)ccc1C(=O)NC(CN)C1CCCCC1. The maximum atomic E-state index is 12.5. The molecule has 0 heterocycles. The fourth-order valence-corrected chi connectivity index (χ4v) is 3.34. The van der Waals surface area contributed by atoms with E-state index in [1.54, 1.807) is 19.2 Å². The highest BCUT2D eigenvalue weighted by Gasteiger charge is 2.25. The van der Waals surface area contributed by atoms with E-state index in [1.165, 1.54) is 19.3 Å². The molecule has 0 aliphatic heterocycles. The van der Waals surface area contributed by atoms with E-state index in [0.29, 0.717) is 23.8 Å². The van der Waals surface area contributed by atoms with E-state index in [0.717, 1.165) is 17.3 Å². The minimum Gasteiger partial charge on any atom is -0.496 e. The lowest BCUT2D eigenvalue weighted by molar-refractivity contribution is 0.0912. The number of rotatable bonds is 5. The molecule has 1 saturated carbocycles. The number of nitrogens with two attached hydrogens (primary N) is 1. The highest BCUT2D eigenvalue weighted by molar-refractivity contribution is 9.10. The minimum absolute atomic E-state index is 0.0474. The van der Waals surface area contributed by atoms with Gasteiger partial charge in [0.2, 0.25) is 0 Å². The van der Waals surface area contributed by atoms with Crippen LogP contribution in [0.2, 0.25) is 0 Å². The second kappa shape index (κ2) is 7.80. The first-order valence-electron chi connectivity index (χ1n) is 7.50. The van der Waals surface area contributed by atoms with Gasteiger partial charge in [-0.05, 0) is 37.0 Å². The van der Waals surface area contributed by atoms with Crippen molar-refractivity contribution in [2.45, 2.75) is 38.1 Å². The second-order valence-corrected chi connectivity index (χ2v) is 6.47. The Labute approximate surface area is 134 Å². The number of hydrogen-bond acceptors (Lipinski definition) is 3. The molecule has 5 heteroatoms. The normalized spacial score (nSPS) is 17.3. The molecule has 116 valence electrons. The molecule has 3 N–H and O–H groups in total. The smallest absolute Gasteiger partial charge is 0.255 e. The summed E-state index contributed by atoms with van der Waals surface area (Å²) in [6.45, 7) is 0.481. The molecule has 4 nitrogen and oxygen atoms in total. The molecule has 1 aliphatic rings. The highest BCUT2D eigenvalue weighted by Crippen LogP contribution is 2.27.